The van der Waals surface area contributed by atoms with Gasteiger partial charge in [0.15, 0.2) is 0 Å². The van der Waals surface area contributed by atoms with Crippen molar-refractivity contribution in [2.75, 3.05) is 26.2 Å². The highest BCUT2D eigenvalue weighted by Crippen LogP contribution is 2.40. The Morgan fingerprint density at radius 3 is 2.64 bits per heavy atom. The van der Waals surface area contributed by atoms with Crippen molar-refractivity contribution < 1.29 is 0 Å². The van der Waals surface area contributed by atoms with E-state index >= 15 is 0 Å². The number of hydrogen-bond acceptors (Lipinski definition) is 1. The SMILES string of the molecule is C1CN(CC2CC2)C2(C1)CC[N]CC2. The van der Waals surface area contributed by atoms with Crippen LogP contribution in [0.25, 0.3) is 0 Å². The lowest BCUT2D eigenvalue weighted by molar-refractivity contribution is 0.0942. The number of rotatable bonds is 2. The number of likely N-dealkylation sites (tertiary alicyclic amines) is 1. The summed E-state index contributed by atoms with van der Waals surface area (Å²) < 4.78 is 0. The van der Waals surface area contributed by atoms with Crippen molar-refractivity contribution in [1.29, 1.82) is 0 Å². The topological polar surface area (TPSA) is 17.3 Å². The smallest absolute Gasteiger partial charge is 0.0235 e. The first-order valence-electron chi connectivity index (χ1n) is 6.27. The van der Waals surface area contributed by atoms with Crippen LogP contribution in [-0.4, -0.2) is 36.6 Å². The van der Waals surface area contributed by atoms with Gasteiger partial charge in [-0.05, 0) is 51.0 Å². The van der Waals surface area contributed by atoms with E-state index in [4.69, 9.17) is 0 Å². The van der Waals surface area contributed by atoms with Crippen LogP contribution in [0.3, 0.4) is 0 Å². The summed E-state index contributed by atoms with van der Waals surface area (Å²) in [6, 6.07) is 0. The van der Waals surface area contributed by atoms with Crippen LogP contribution in [0.5, 0.6) is 0 Å². The Kier molecular flexibility index (Phi) is 2.29. The molecule has 2 aliphatic heterocycles. The first-order chi connectivity index (χ1) is 6.89. The monoisotopic (exact) mass is 193 g/mol. The maximum atomic E-state index is 4.50. The Labute approximate surface area is 87.0 Å². The van der Waals surface area contributed by atoms with E-state index in [1.165, 1.54) is 51.6 Å². The van der Waals surface area contributed by atoms with Crippen LogP contribution in [0, 0.1) is 5.92 Å². The third-order valence-corrected chi connectivity index (χ3v) is 4.39. The van der Waals surface area contributed by atoms with Gasteiger partial charge in [-0.1, -0.05) is 0 Å². The molecule has 0 atom stereocenters. The van der Waals surface area contributed by atoms with Crippen LogP contribution >= 0.6 is 0 Å². The van der Waals surface area contributed by atoms with Crippen molar-refractivity contribution >= 4 is 0 Å². The lowest BCUT2D eigenvalue weighted by atomic mass is 9.85. The minimum Gasteiger partial charge on any atom is -0.297 e. The zero-order valence-corrected chi connectivity index (χ0v) is 9.04. The maximum absolute atomic E-state index is 4.50. The normalized spacial score (nSPS) is 32.6. The van der Waals surface area contributed by atoms with Crippen LogP contribution in [-0.2, 0) is 0 Å². The minimum absolute atomic E-state index is 0.602. The molecule has 0 aromatic heterocycles. The molecule has 1 spiro atoms. The van der Waals surface area contributed by atoms with Crippen molar-refractivity contribution in [3.63, 3.8) is 0 Å². The summed E-state index contributed by atoms with van der Waals surface area (Å²) in [7, 11) is 0. The second kappa shape index (κ2) is 3.49. The molecule has 3 aliphatic rings. The Hall–Kier alpha value is -0.0800. The molecule has 0 bridgehead atoms. The van der Waals surface area contributed by atoms with Crippen LogP contribution in [0.2, 0.25) is 0 Å². The van der Waals surface area contributed by atoms with Crippen molar-refractivity contribution in [1.82, 2.24) is 10.2 Å². The van der Waals surface area contributed by atoms with Gasteiger partial charge in [-0.15, -0.1) is 0 Å². The molecule has 0 aromatic carbocycles. The molecule has 0 N–H and O–H groups in total. The predicted octanol–water partition coefficient (Wildman–Crippen LogP) is 1.63. The summed E-state index contributed by atoms with van der Waals surface area (Å²) in [5.41, 5.74) is 0.602. The van der Waals surface area contributed by atoms with Gasteiger partial charge < -0.3 is 0 Å². The number of hydrogen-bond donors (Lipinski definition) is 0. The van der Waals surface area contributed by atoms with Crippen molar-refractivity contribution in [2.24, 2.45) is 5.92 Å². The molecule has 2 saturated heterocycles. The summed E-state index contributed by atoms with van der Waals surface area (Å²) in [5.74, 6) is 1.06. The van der Waals surface area contributed by atoms with Gasteiger partial charge in [0.2, 0.25) is 0 Å². The molecule has 0 unspecified atom stereocenters. The van der Waals surface area contributed by atoms with Gasteiger partial charge in [-0.2, -0.15) is 0 Å². The van der Waals surface area contributed by atoms with Crippen molar-refractivity contribution in [2.45, 2.75) is 44.1 Å². The summed E-state index contributed by atoms with van der Waals surface area (Å²) >= 11 is 0. The Morgan fingerprint density at radius 1 is 1.14 bits per heavy atom. The molecule has 79 valence electrons. The largest absolute Gasteiger partial charge is 0.297 e. The lowest BCUT2D eigenvalue weighted by Gasteiger charge is -2.41. The van der Waals surface area contributed by atoms with Gasteiger partial charge in [0.05, 0.1) is 0 Å². The third-order valence-electron chi connectivity index (χ3n) is 4.39. The Morgan fingerprint density at radius 2 is 1.93 bits per heavy atom. The molecule has 0 amide bonds. The van der Waals surface area contributed by atoms with Gasteiger partial charge in [0.1, 0.15) is 0 Å². The van der Waals surface area contributed by atoms with E-state index in [1.54, 1.807) is 0 Å². The molecule has 2 heteroatoms. The number of nitrogens with zero attached hydrogens (tertiary/aromatic N) is 2. The second-order valence-electron chi connectivity index (χ2n) is 5.39. The van der Waals surface area contributed by atoms with Crippen LogP contribution < -0.4 is 5.32 Å². The van der Waals surface area contributed by atoms with E-state index in [-0.39, 0.29) is 0 Å². The van der Waals surface area contributed by atoms with E-state index in [2.05, 4.69) is 10.2 Å². The molecule has 2 nitrogen and oxygen atoms in total. The average Bonchev–Trinajstić information content (AvgIpc) is 2.95. The lowest BCUT2D eigenvalue weighted by Crippen LogP contribution is -2.50. The fourth-order valence-corrected chi connectivity index (χ4v) is 3.27. The summed E-state index contributed by atoms with van der Waals surface area (Å²) in [6.07, 6.45) is 8.58. The predicted molar refractivity (Wildman–Crippen MR) is 57.4 cm³/mol. The summed E-state index contributed by atoms with van der Waals surface area (Å²) in [5, 5.41) is 4.50. The van der Waals surface area contributed by atoms with Gasteiger partial charge in [-0.25, -0.2) is 5.32 Å². The Bertz CT molecular complexity index is 204. The molecule has 3 fully saturated rings. The standard InChI is InChI=1S/C12H21N2/c1-4-12(5-7-13-8-6-12)14(9-1)10-11-2-3-11/h11H,1-10H2. The molecule has 3 rings (SSSR count). The summed E-state index contributed by atoms with van der Waals surface area (Å²) in [6.45, 7) is 5.03. The van der Waals surface area contributed by atoms with E-state index in [9.17, 15) is 0 Å². The first kappa shape index (κ1) is 9.17. The maximum Gasteiger partial charge on any atom is 0.0235 e. The first-order valence-corrected chi connectivity index (χ1v) is 6.27. The van der Waals surface area contributed by atoms with E-state index in [0.717, 1.165) is 19.0 Å². The molecule has 1 saturated carbocycles. The second-order valence-corrected chi connectivity index (χ2v) is 5.39. The molecule has 1 aliphatic carbocycles. The molecule has 1 radical (unpaired) electrons. The minimum atomic E-state index is 0.602. The highest BCUT2D eigenvalue weighted by Gasteiger charge is 2.43. The third kappa shape index (κ3) is 1.59. The molecular weight excluding hydrogens is 172 g/mol. The van der Waals surface area contributed by atoms with Crippen LogP contribution in [0.15, 0.2) is 0 Å². The van der Waals surface area contributed by atoms with E-state index < -0.39 is 0 Å². The Balaban J connectivity index is 1.68. The number of piperidine rings is 1. The molecule has 2 heterocycles. The van der Waals surface area contributed by atoms with Gasteiger partial charge in [0, 0.05) is 25.2 Å². The van der Waals surface area contributed by atoms with E-state index in [0.29, 0.717) is 5.54 Å². The zero-order chi connectivity index (χ0) is 9.43. The van der Waals surface area contributed by atoms with Crippen molar-refractivity contribution in [3.05, 3.63) is 0 Å². The summed E-state index contributed by atoms with van der Waals surface area (Å²) in [4.78, 5) is 2.82. The molecular formula is C12H21N2. The van der Waals surface area contributed by atoms with Gasteiger partial charge in [-0.3, -0.25) is 4.90 Å². The fraction of sp³-hybridized carbons (Fsp3) is 1.00. The van der Waals surface area contributed by atoms with Gasteiger partial charge in [0.25, 0.3) is 0 Å². The van der Waals surface area contributed by atoms with E-state index in [1.807, 2.05) is 0 Å². The van der Waals surface area contributed by atoms with Crippen molar-refractivity contribution in [3.8, 4) is 0 Å². The van der Waals surface area contributed by atoms with Crippen LogP contribution in [0.4, 0.5) is 0 Å². The quantitative estimate of drug-likeness (QED) is 0.651. The fourth-order valence-electron chi connectivity index (χ4n) is 3.27. The van der Waals surface area contributed by atoms with Crippen LogP contribution in [0.1, 0.15) is 38.5 Å². The van der Waals surface area contributed by atoms with Gasteiger partial charge >= 0.3 is 0 Å². The molecule has 14 heavy (non-hydrogen) atoms. The average molecular weight is 193 g/mol. The molecule has 0 aromatic rings. The highest BCUT2D eigenvalue weighted by molar-refractivity contribution is 4.99. The zero-order valence-electron chi connectivity index (χ0n) is 9.04. The highest BCUT2D eigenvalue weighted by atomic mass is 15.2.